The fourth-order valence-electron chi connectivity index (χ4n) is 5.35. The lowest BCUT2D eigenvalue weighted by Crippen LogP contribution is -2.40. The highest BCUT2D eigenvalue weighted by molar-refractivity contribution is 5.82. The Morgan fingerprint density at radius 3 is 1.19 bits per heavy atom. The van der Waals surface area contributed by atoms with Crippen molar-refractivity contribution in [3.8, 4) is 0 Å². The normalized spacial score (nSPS) is 11.9. The third-order valence-electron chi connectivity index (χ3n) is 7.62. The second kappa shape index (κ2) is 21.6. The maximum absolute atomic E-state index is 6.09. The van der Waals surface area contributed by atoms with E-state index in [1.165, 1.54) is 0 Å². The van der Waals surface area contributed by atoms with Gasteiger partial charge < -0.3 is 29.6 Å². The van der Waals surface area contributed by atoms with Crippen LogP contribution in [0.3, 0.4) is 0 Å². The first kappa shape index (κ1) is 39.3. The van der Waals surface area contributed by atoms with Crippen LogP contribution in [0.1, 0.15) is 27.7 Å². The molecule has 0 bridgehead atoms. The number of ether oxygens (including phenoxy) is 4. The van der Waals surface area contributed by atoms with Crippen molar-refractivity contribution < 1.29 is 18.9 Å². The fraction of sp³-hybridized carbons (Fsp3) is 0.238. The van der Waals surface area contributed by atoms with Gasteiger partial charge in [0.15, 0.2) is 23.3 Å². The number of rotatable bonds is 14. The van der Waals surface area contributed by atoms with Gasteiger partial charge in [-0.15, -0.1) is 0 Å². The van der Waals surface area contributed by atoms with Crippen molar-refractivity contribution in [1.29, 1.82) is 0 Å². The van der Waals surface area contributed by atoms with E-state index in [9.17, 15) is 0 Å². The van der Waals surface area contributed by atoms with Crippen LogP contribution < -0.4 is 20.4 Å². The Morgan fingerprint density at radius 1 is 0.481 bits per heavy atom. The summed E-state index contributed by atoms with van der Waals surface area (Å²) in [6.07, 6.45) is 6.44. The van der Waals surface area contributed by atoms with Gasteiger partial charge in [0, 0.05) is 74.0 Å². The Balaban J connectivity index is 0.000000169. The molecule has 0 saturated heterocycles. The minimum atomic E-state index is -0.472. The van der Waals surface area contributed by atoms with E-state index in [-0.39, 0.29) is 6.35 Å². The topological polar surface area (TPSA) is 119 Å². The molecule has 0 unspecified atom stereocenters. The summed E-state index contributed by atoms with van der Waals surface area (Å²) < 4.78 is 21.3. The monoisotopic (exact) mass is 728 g/mol. The molecule has 1 aliphatic heterocycles. The summed E-state index contributed by atoms with van der Waals surface area (Å²) in [5, 5.41) is 6.51. The van der Waals surface area contributed by atoms with Crippen molar-refractivity contribution in [3.63, 3.8) is 0 Å². The molecule has 0 atom stereocenters. The molecule has 12 nitrogen and oxygen atoms in total. The molecule has 0 saturated carbocycles. The quantitative estimate of drug-likeness (QED) is 0.104. The summed E-state index contributed by atoms with van der Waals surface area (Å²) in [7, 11) is 0. The first-order chi connectivity index (χ1) is 26.7. The molecule has 2 aromatic heterocycles. The van der Waals surface area contributed by atoms with E-state index in [0.29, 0.717) is 38.1 Å². The van der Waals surface area contributed by atoms with Crippen LogP contribution in [0.2, 0.25) is 0 Å². The van der Waals surface area contributed by atoms with Crippen LogP contribution in [0.15, 0.2) is 146 Å². The van der Waals surface area contributed by atoms with Crippen LogP contribution in [0.25, 0.3) is 0 Å². The number of hydrogen-bond donors (Lipinski definition) is 2. The molecular formula is C42H48N8O4. The standard InChI is InChI=1S/C19H18N4O.C16H14N4.C7H16O3/c1-2-24-19-22(15-9-5-3-6-10-15)17-18(21-14-13-20-17)23(19)16-11-7-4-8-12-16;1-3-7-13(8-4-1)19-15-16(18-12-11-17-15)20-14-9-5-2-6-10-14;1-4-8-7(9-5-2)10-6-3/h3-14,19H,2H2,1H3;1-12H,(H,17,19)(H,18,20);7H,4-6H2,1-3H3. The summed E-state index contributed by atoms with van der Waals surface area (Å²) in [5.74, 6) is 2.99. The van der Waals surface area contributed by atoms with E-state index < -0.39 is 6.48 Å². The van der Waals surface area contributed by atoms with Gasteiger partial charge in [-0.25, -0.2) is 19.9 Å². The average molecular weight is 729 g/mol. The number of benzene rings is 4. The Bertz CT molecular complexity index is 1770. The van der Waals surface area contributed by atoms with E-state index in [2.05, 4.69) is 64.6 Å². The fourth-order valence-corrected chi connectivity index (χ4v) is 5.35. The van der Waals surface area contributed by atoms with Crippen molar-refractivity contribution in [1.82, 2.24) is 19.9 Å². The molecule has 280 valence electrons. The van der Waals surface area contributed by atoms with Crippen LogP contribution in [0, 0.1) is 0 Å². The van der Waals surface area contributed by atoms with Crippen molar-refractivity contribution in [2.24, 2.45) is 0 Å². The van der Waals surface area contributed by atoms with Gasteiger partial charge in [-0.1, -0.05) is 72.8 Å². The molecule has 1 aliphatic rings. The molecular weight excluding hydrogens is 681 g/mol. The second-order valence-corrected chi connectivity index (χ2v) is 11.3. The van der Waals surface area contributed by atoms with Crippen LogP contribution in [-0.2, 0) is 18.9 Å². The van der Waals surface area contributed by atoms with Crippen molar-refractivity contribution >= 4 is 46.0 Å². The van der Waals surface area contributed by atoms with Gasteiger partial charge >= 0.3 is 0 Å². The van der Waals surface area contributed by atoms with Crippen molar-refractivity contribution in [2.45, 2.75) is 40.5 Å². The van der Waals surface area contributed by atoms with Crippen LogP contribution in [-0.4, -0.2) is 59.2 Å². The van der Waals surface area contributed by atoms with Crippen molar-refractivity contribution in [2.75, 3.05) is 46.9 Å². The molecule has 0 radical (unpaired) electrons. The third-order valence-corrected chi connectivity index (χ3v) is 7.62. The lowest BCUT2D eigenvalue weighted by atomic mass is 10.3. The predicted molar refractivity (Wildman–Crippen MR) is 215 cm³/mol. The zero-order chi connectivity index (χ0) is 37.8. The summed E-state index contributed by atoms with van der Waals surface area (Å²) >= 11 is 0. The van der Waals surface area contributed by atoms with Gasteiger partial charge in [0.1, 0.15) is 0 Å². The Hall–Kier alpha value is -5.92. The maximum atomic E-state index is 6.09. The van der Waals surface area contributed by atoms with Gasteiger partial charge in [-0.3, -0.25) is 9.80 Å². The van der Waals surface area contributed by atoms with Gasteiger partial charge in [0.2, 0.25) is 6.35 Å². The zero-order valence-electron chi connectivity index (χ0n) is 31.2. The van der Waals surface area contributed by atoms with E-state index in [1.807, 2.05) is 125 Å². The Morgan fingerprint density at radius 2 is 0.833 bits per heavy atom. The lowest BCUT2D eigenvalue weighted by Gasteiger charge is -2.31. The second-order valence-electron chi connectivity index (χ2n) is 11.3. The zero-order valence-corrected chi connectivity index (χ0v) is 31.2. The number of hydrogen-bond acceptors (Lipinski definition) is 12. The number of nitrogens with zero attached hydrogens (tertiary/aromatic N) is 6. The van der Waals surface area contributed by atoms with Crippen LogP contribution >= 0.6 is 0 Å². The molecule has 12 heteroatoms. The average Bonchev–Trinajstić information content (AvgIpc) is 3.55. The highest BCUT2D eigenvalue weighted by atomic mass is 16.8. The minimum Gasteiger partial charge on any atom is -0.340 e. The Kier molecular flexibility index (Phi) is 15.7. The molecule has 3 heterocycles. The number of fused-ring (bicyclic) bond motifs is 1. The SMILES string of the molecule is CCOC(OCC)OCC.CCOC1N(c2ccccc2)c2nccnc2N1c1ccccc1.c1ccc(Nc2nccnc2Nc2ccccc2)cc1. The number of nitrogens with one attached hydrogen (secondary N) is 2. The largest absolute Gasteiger partial charge is 0.340 e. The van der Waals surface area contributed by atoms with Crippen molar-refractivity contribution in [3.05, 3.63) is 146 Å². The lowest BCUT2D eigenvalue weighted by molar-refractivity contribution is -0.282. The van der Waals surface area contributed by atoms with E-state index >= 15 is 0 Å². The molecule has 54 heavy (non-hydrogen) atoms. The first-order valence-corrected chi connectivity index (χ1v) is 18.1. The van der Waals surface area contributed by atoms with Gasteiger partial charge in [0.05, 0.1) is 0 Å². The van der Waals surface area contributed by atoms with Gasteiger partial charge in [-0.2, -0.15) is 0 Å². The highest BCUT2D eigenvalue weighted by Gasteiger charge is 2.40. The van der Waals surface area contributed by atoms with Crippen LogP contribution in [0.5, 0.6) is 0 Å². The number of anilines is 8. The minimum absolute atomic E-state index is 0.322. The van der Waals surface area contributed by atoms with Gasteiger partial charge in [-0.05, 0) is 76.2 Å². The van der Waals surface area contributed by atoms with Crippen LogP contribution in [0.4, 0.5) is 46.0 Å². The molecule has 0 spiro atoms. The van der Waals surface area contributed by atoms with E-state index in [0.717, 1.165) is 34.4 Å². The van der Waals surface area contributed by atoms with E-state index in [4.69, 9.17) is 18.9 Å². The Labute approximate surface area is 317 Å². The number of aromatic nitrogens is 4. The smallest absolute Gasteiger partial charge is 0.271 e. The number of para-hydroxylation sites is 4. The summed E-state index contributed by atoms with van der Waals surface area (Å²) in [6.45, 7) is 9.68. The summed E-state index contributed by atoms with van der Waals surface area (Å²) in [6, 6.07) is 40.1. The summed E-state index contributed by atoms with van der Waals surface area (Å²) in [4.78, 5) is 22.0. The molecule has 2 N–H and O–H groups in total. The highest BCUT2D eigenvalue weighted by Crippen LogP contribution is 2.45. The molecule has 0 fully saturated rings. The maximum Gasteiger partial charge on any atom is 0.271 e. The first-order valence-electron chi connectivity index (χ1n) is 18.1. The predicted octanol–water partition coefficient (Wildman–Crippen LogP) is 9.43. The van der Waals surface area contributed by atoms with E-state index in [1.54, 1.807) is 24.8 Å². The molecule has 0 aliphatic carbocycles. The van der Waals surface area contributed by atoms with Gasteiger partial charge in [0.25, 0.3) is 6.48 Å². The molecule has 7 rings (SSSR count). The molecule has 6 aromatic rings. The third kappa shape index (κ3) is 11.0. The molecule has 4 aromatic carbocycles. The summed E-state index contributed by atoms with van der Waals surface area (Å²) in [5.41, 5.74) is 4.00. The molecule has 0 amide bonds.